The number of likely N-dealkylation sites (N-methyl/N-ethyl adjacent to an activating group) is 2. The van der Waals surface area contributed by atoms with Crippen LogP contribution in [-0.2, 0) is 0 Å². The van der Waals surface area contributed by atoms with E-state index in [1.807, 2.05) is 13.8 Å². The van der Waals surface area contributed by atoms with Crippen LogP contribution in [0.1, 0.15) is 53.9 Å². The Bertz CT molecular complexity index is 124. The lowest BCUT2D eigenvalue weighted by molar-refractivity contribution is 0.223. The van der Waals surface area contributed by atoms with Crippen LogP contribution in [0.5, 0.6) is 0 Å². The van der Waals surface area contributed by atoms with Gasteiger partial charge in [0, 0.05) is 19.1 Å². The molecule has 2 nitrogen and oxygen atoms in total. The maximum absolute atomic E-state index is 2.44. The SMILES string of the molecule is CC.CCCCCN(C)CCN(C)C(C)C. The number of unbranched alkanes of at least 4 members (excludes halogenated alkanes) is 2. The molecule has 0 aromatic heterocycles. The van der Waals surface area contributed by atoms with Crippen molar-refractivity contribution in [2.24, 2.45) is 0 Å². The monoisotopic (exact) mass is 230 g/mol. The summed E-state index contributed by atoms with van der Waals surface area (Å²) < 4.78 is 0. The van der Waals surface area contributed by atoms with Crippen LogP contribution in [0.3, 0.4) is 0 Å². The van der Waals surface area contributed by atoms with Crippen LogP contribution in [0.15, 0.2) is 0 Å². The van der Waals surface area contributed by atoms with Gasteiger partial charge in [-0.1, -0.05) is 33.6 Å². The third-order valence-electron chi connectivity index (χ3n) is 2.86. The van der Waals surface area contributed by atoms with E-state index in [0.717, 1.165) is 0 Å². The maximum Gasteiger partial charge on any atom is 0.0109 e. The maximum atomic E-state index is 2.44. The lowest BCUT2D eigenvalue weighted by Crippen LogP contribution is -2.35. The zero-order chi connectivity index (χ0) is 13.0. The second kappa shape index (κ2) is 13.0. The highest BCUT2D eigenvalue weighted by molar-refractivity contribution is 4.60. The van der Waals surface area contributed by atoms with Gasteiger partial charge in [0.1, 0.15) is 0 Å². The van der Waals surface area contributed by atoms with Crippen LogP contribution in [0, 0.1) is 0 Å². The molecule has 0 heterocycles. The van der Waals surface area contributed by atoms with Crippen molar-refractivity contribution in [1.29, 1.82) is 0 Å². The van der Waals surface area contributed by atoms with Crippen LogP contribution in [0.25, 0.3) is 0 Å². The molecule has 0 radical (unpaired) electrons. The summed E-state index contributed by atoms with van der Waals surface area (Å²) in [6.45, 7) is 14.4. The van der Waals surface area contributed by atoms with Gasteiger partial charge < -0.3 is 9.80 Å². The first-order valence-electron chi connectivity index (χ1n) is 6.96. The zero-order valence-corrected chi connectivity index (χ0v) is 12.7. The van der Waals surface area contributed by atoms with Crippen molar-refractivity contribution in [3.8, 4) is 0 Å². The summed E-state index contributed by atoms with van der Waals surface area (Å²) in [5.74, 6) is 0. The highest BCUT2D eigenvalue weighted by Gasteiger charge is 2.04. The van der Waals surface area contributed by atoms with E-state index >= 15 is 0 Å². The van der Waals surface area contributed by atoms with Crippen molar-refractivity contribution >= 4 is 0 Å². The van der Waals surface area contributed by atoms with Gasteiger partial charge >= 0.3 is 0 Å². The topological polar surface area (TPSA) is 6.48 Å². The highest BCUT2D eigenvalue weighted by atomic mass is 15.2. The molecule has 16 heavy (non-hydrogen) atoms. The van der Waals surface area contributed by atoms with Crippen molar-refractivity contribution < 1.29 is 0 Å². The van der Waals surface area contributed by atoms with Crippen LogP contribution in [0.2, 0.25) is 0 Å². The molecule has 0 aromatic carbocycles. The van der Waals surface area contributed by atoms with Crippen molar-refractivity contribution in [2.45, 2.75) is 59.9 Å². The Balaban J connectivity index is 0. The van der Waals surface area contributed by atoms with Crippen molar-refractivity contribution in [2.75, 3.05) is 33.7 Å². The van der Waals surface area contributed by atoms with E-state index in [1.54, 1.807) is 0 Å². The quantitative estimate of drug-likeness (QED) is 0.589. The molecule has 100 valence electrons. The number of hydrogen-bond acceptors (Lipinski definition) is 2. The Morgan fingerprint density at radius 2 is 1.44 bits per heavy atom. The van der Waals surface area contributed by atoms with Gasteiger partial charge in [-0.3, -0.25) is 0 Å². The van der Waals surface area contributed by atoms with Gasteiger partial charge in [0.25, 0.3) is 0 Å². The second-order valence-electron chi connectivity index (χ2n) is 4.58. The van der Waals surface area contributed by atoms with Crippen LogP contribution in [-0.4, -0.2) is 49.6 Å². The first kappa shape index (κ1) is 18.3. The Morgan fingerprint density at radius 1 is 0.875 bits per heavy atom. The average molecular weight is 230 g/mol. The number of nitrogens with zero attached hydrogens (tertiary/aromatic N) is 2. The fraction of sp³-hybridized carbons (Fsp3) is 1.00. The lowest BCUT2D eigenvalue weighted by atomic mass is 10.2. The molecule has 0 N–H and O–H groups in total. The molecule has 0 saturated heterocycles. The van der Waals surface area contributed by atoms with Crippen molar-refractivity contribution in [1.82, 2.24) is 9.80 Å². The molecule has 0 bridgehead atoms. The van der Waals surface area contributed by atoms with E-state index in [4.69, 9.17) is 0 Å². The molecule has 0 atom stereocenters. The Labute approximate surface area is 104 Å². The van der Waals surface area contributed by atoms with E-state index < -0.39 is 0 Å². The molecule has 0 amide bonds. The molecule has 0 unspecified atom stereocenters. The van der Waals surface area contributed by atoms with Gasteiger partial charge in [-0.25, -0.2) is 0 Å². The molecule has 0 aliphatic carbocycles. The smallest absolute Gasteiger partial charge is 0.0109 e. The van der Waals surface area contributed by atoms with Crippen LogP contribution < -0.4 is 0 Å². The van der Waals surface area contributed by atoms with Gasteiger partial charge in [-0.05, 0) is 40.9 Å². The van der Waals surface area contributed by atoms with Crippen LogP contribution >= 0.6 is 0 Å². The van der Waals surface area contributed by atoms with E-state index in [1.165, 1.54) is 38.9 Å². The summed E-state index contributed by atoms with van der Waals surface area (Å²) in [5, 5.41) is 0. The van der Waals surface area contributed by atoms with E-state index in [9.17, 15) is 0 Å². The third-order valence-corrected chi connectivity index (χ3v) is 2.86. The molecule has 0 fully saturated rings. The Morgan fingerprint density at radius 3 is 1.88 bits per heavy atom. The summed E-state index contributed by atoms with van der Waals surface area (Å²) >= 11 is 0. The van der Waals surface area contributed by atoms with Gasteiger partial charge in [0.2, 0.25) is 0 Å². The fourth-order valence-electron chi connectivity index (χ4n) is 1.33. The molecule has 0 saturated carbocycles. The molecule has 0 aliphatic rings. The molecular formula is C14H34N2. The largest absolute Gasteiger partial charge is 0.305 e. The fourth-order valence-corrected chi connectivity index (χ4v) is 1.33. The van der Waals surface area contributed by atoms with Gasteiger partial charge in [-0.15, -0.1) is 0 Å². The summed E-state index contributed by atoms with van der Waals surface area (Å²) in [6, 6.07) is 0.666. The zero-order valence-electron chi connectivity index (χ0n) is 12.7. The molecule has 0 spiro atoms. The standard InChI is InChI=1S/C12H28N2.C2H6/c1-6-7-8-9-13(4)10-11-14(5)12(2)3;1-2/h12H,6-11H2,1-5H3;1-2H3. The molecule has 0 aromatic rings. The first-order valence-corrected chi connectivity index (χ1v) is 6.96. The van der Waals surface area contributed by atoms with Crippen molar-refractivity contribution in [3.05, 3.63) is 0 Å². The lowest BCUT2D eigenvalue weighted by Gasteiger charge is -2.24. The minimum atomic E-state index is 0.666. The predicted molar refractivity (Wildman–Crippen MR) is 76.1 cm³/mol. The summed E-state index contributed by atoms with van der Waals surface area (Å²) in [6.07, 6.45) is 4.03. The second-order valence-corrected chi connectivity index (χ2v) is 4.58. The third kappa shape index (κ3) is 12.0. The van der Waals surface area contributed by atoms with E-state index in [-0.39, 0.29) is 0 Å². The minimum Gasteiger partial charge on any atom is -0.305 e. The number of hydrogen-bond donors (Lipinski definition) is 0. The molecule has 2 heteroatoms. The molecule has 0 rings (SSSR count). The highest BCUT2D eigenvalue weighted by Crippen LogP contribution is 1.98. The molecular weight excluding hydrogens is 196 g/mol. The summed E-state index contributed by atoms with van der Waals surface area (Å²) in [5.41, 5.74) is 0. The van der Waals surface area contributed by atoms with Crippen molar-refractivity contribution in [3.63, 3.8) is 0 Å². The predicted octanol–water partition coefficient (Wildman–Crippen LogP) is 3.47. The van der Waals surface area contributed by atoms with Crippen LogP contribution in [0.4, 0.5) is 0 Å². The van der Waals surface area contributed by atoms with Gasteiger partial charge in [-0.2, -0.15) is 0 Å². The summed E-state index contributed by atoms with van der Waals surface area (Å²) in [7, 11) is 4.42. The molecule has 0 aliphatic heterocycles. The normalized spacial score (nSPS) is 10.9. The summed E-state index contributed by atoms with van der Waals surface area (Å²) in [4.78, 5) is 4.84. The van der Waals surface area contributed by atoms with E-state index in [0.29, 0.717) is 6.04 Å². The van der Waals surface area contributed by atoms with E-state index in [2.05, 4.69) is 44.7 Å². The Kier molecular flexibility index (Phi) is 14.8. The van der Waals surface area contributed by atoms with Gasteiger partial charge in [0.05, 0.1) is 0 Å². The minimum absolute atomic E-state index is 0.666. The number of rotatable bonds is 8. The Hall–Kier alpha value is -0.0800. The first-order chi connectivity index (χ1) is 7.57. The average Bonchev–Trinajstić information content (AvgIpc) is 2.28. The van der Waals surface area contributed by atoms with Gasteiger partial charge in [0.15, 0.2) is 0 Å².